The molecule has 0 spiro atoms. The first-order chi connectivity index (χ1) is 6.72. The van der Waals surface area contributed by atoms with Crippen molar-refractivity contribution in [1.29, 1.82) is 0 Å². The van der Waals surface area contributed by atoms with Crippen LogP contribution >= 0.6 is 19.9 Å². The minimum absolute atomic E-state index is 0.160. The lowest BCUT2D eigenvalue weighted by Crippen LogP contribution is -1.89. The molecule has 76 valence electrons. The first-order valence-electron chi connectivity index (χ1n) is 4.15. The summed E-state index contributed by atoms with van der Waals surface area (Å²) in [7, 11) is -2.51. The summed E-state index contributed by atoms with van der Waals surface area (Å²) in [5.74, 6) is 0.596. The molecule has 0 aromatic heterocycles. The van der Waals surface area contributed by atoms with Crippen molar-refractivity contribution in [2.45, 2.75) is 13.0 Å². The lowest BCUT2D eigenvalue weighted by atomic mass is 10.1. The Morgan fingerprint density at radius 1 is 1.29 bits per heavy atom. The molecule has 0 saturated carbocycles. The summed E-state index contributed by atoms with van der Waals surface area (Å²) in [6.07, 6.45) is 0.830. The van der Waals surface area contributed by atoms with Crippen LogP contribution in [0, 0.1) is 0 Å². The summed E-state index contributed by atoms with van der Waals surface area (Å²) in [5, 5.41) is 0. The van der Waals surface area contributed by atoms with Crippen molar-refractivity contribution in [3.63, 3.8) is 0 Å². The zero-order chi connectivity index (χ0) is 10.4. The van der Waals surface area contributed by atoms with Crippen LogP contribution in [0.25, 0.3) is 0 Å². The molecular formula is C9H11ClO3P+. The fourth-order valence-corrected chi connectivity index (χ4v) is 1.52. The van der Waals surface area contributed by atoms with E-state index in [1.165, 1.54) is 0 Å². The van der Waals surface area contributed by atoms with Gasteiger partial charge in [0.1, 0.15) is 6.61 Å². The van der Waals surface area contributed by atoms with Gasteiger partial charge in [-0.25, -0.2) is 0 Å². The Kier molecular flexibility index (Phi) is 5.05. The highest BCUT2D eigenvalue weighted by Gasteiger charge is 2.11. The second kappa shape index (κ2) is 6.10. The molecular weight excluding hydrogens is 223 g/mol. The molecule has 0 saturated heterocycles. The van der Waals surface area contributed by atoms with Gasteiger partial charge in [0.15, 0.2) is 0 Å². The highest BCUT2D eigenvalue weighted by Crippen LogP contribution is 2.18. The monoisotopic (exact) mass is 233 g/mol. The quantitative estimate of drug-likeness (QED) is 0.628. The third-order valence-corrected chi connectivity index (χ3v) is 2.29. The number of benzene rings is 1. The van der Waals surface area contributed by atoms with Gasteiger partial charge in [-0.2, -0.15) is 0 Å². The molecule has 5 heteroatoms. The number of aryl methyl sites for hydroxylation is 1. The lowest BCUT2D eigenvalue weighted by molar-refractivity contribution is 0.272. The number of halogens is 1. The molecule has 0 amide bonds. The molecule has 1 unspecified atom stereocenters. The molecule has 0 bridgehead atoms. The van der Waals surface area contributed by atoms with Crippen LogP contribution in [0.5, 0.6) is 0 Å². The number of rotatable bonds is 5. The summed E-state index contributed by atoms with van der Waals surface area (Å²) in [6.45, 7) is 0.160. The molecule has 14 heavy (non-hydrogen) atoms. The minimum atomic E-state index is -2.51. The van der Waals surface area contributed by atoms with Gasteiger partial charge in [0.25, 0.3) is 0 Å². The molecule has 0 radical (unpaired) electrons. The van der Waals surface area contributed by atoms with Crippen molar-refractivity contribution in [3.8, 4) is 0 Å². The molecule has 1 aromatic carbocycles. The fourth-order valence-electron chi connectivity index (χ4n) is 1.04. The van der Waals surface area contributed by atoms with Crippen molar-refractivity contribution in [2.24, 2.45) is 0 Å². The van der Waals surface area contributed by atoms with Crippen LogP contribution in [-0.2, 0) is 22.1 Å². The Labute approximate surface area is 88.6 Å². The Bertz CT molecular complexity index is 299. The van der Waals surface area contributed by atoms with E-state index in [1.54, 1.807) is 0 Å². The third kappa shape index (κ3) is 4.16. The van der Waals surface area contributed by atoms with E-state index in [9.17, 15) is 4.57 Å². The summed E-state index contributed by atoms with van der Waals surface area (Å²) >= 11 is 5.58. The summed E-state index contributed by atoms with van der Waals surface area (Å²) in [5.41, 5.74) is 2.03. The molecule has 1 atom stereocenters. The van der Waals surface area contributed by atoms with Crippen LogP contribution in [0.4, 0.5) is 0 Å². The fraction of sp³-hybridized carbons (Fsp3) is 0.333. The first-order valence-corrected chi connectivity index (χ1v) is 5.81. The largest absolute Gasteiger partial charge is 0.695 e. The second-order valence-corrected chi connectivity index (χ2v) is 3.88. The van der Waals surface area contributed by atoms with Crippen LogP contribution in [0.2, 0.25) is 0 Å². The SMILES string of the molecule is O=[P+](O)OCc1ccc(CCCl)cc1. The molecule has 1 aromatic rings. The van der Waals surface area contributed by atoms with Gasteiger partial charge in [0.05, 0.1) is 0 Å². The maximum absolute atomic E-state index is 10.3. The van der Waals surface area contributed by atoms with E-state index in [-0.39, 0.29) is 6.61 Å². The van der Waals surface area contributed by atoms with Crippen LogP contribution in [0.3, 0.4) is 0 Å². The average Bonchev–Trinajstić information content (AvgIpc) is 2.17. The highest BCUT2D eigenvalue weighted by atomic mass is 35.5. The Morgan fingerprint density at radius 3 is 2.36 bits per heavy atom. The third-order valence-electron chi connectivity index (χ3n) is 1.75. The van der Waals surface area contributed by atoms with E-state index >= 15 is 0 Å². The topological polar surface area (TPSA) is 46.5 Å². The molecule has 0 aliphatic heterocycles. The Morgan fingerprint density at radius 2 is 1.86 bits per heavy atom. The maximum atomic E-state index is 10.3. The van der Waals surface area contributed by atoms with E-state index in [2.05, 4.69) is 4.52 Å². The Balaban J connectivity index is 2.50. The van der Waals surface area contributed by atoms with Crippen molar-refractivity contribution in [1.82, 2.24) is 0 Å². The average molecular weight is 234 g/mol. The molecule has 1 N–H and O–H groups in total. The van der Waals surface area contributed by atoms with Crippen LogP contribution in [0.1, 0.15) is 11.1 Å². The van der Waals surface area contributed by atoms with Gasteiger partial charge >= 0.3 is 8.25 Å². The normalized spacial score (nSPS) is 11.4. The van der Waals surface area contributed by atoms with Crippen LogP contribution in [0.15, 0.2) is 24.3 Å². The summed E-state index contributed by atoms with van der Waals surface area (Å²) in [4.78, 5) is 8.42. The molecule has 3 nitrogen and oxygen atoms in total. The van der Waals surface area contributed by atoms with Gasteiger partial charge in [-0.1, -0.05) is 24.3 Å². The molecule has 0 fully saturated rings. The molecule has 0 heterocycles. The molecule has 0 aliphatic rings. The van der Waals surface area contributed by atoms with E-state index in [0.29, 0.717) is 5.88 Å². The van der Waals surface area contributed by atoms with Gasteiger partial charge in [0.2, 0.25) is 0 Å². The Hall–Kier alpha value is -0.470. The zero-order valence-electron chi connectivity index (χ0n) is 7.52. The minimum Gasteiger partial charge on any atom is -0.133 e. The van der Waals surface area contributed by atoms with Gasteiger partial charge in [-0.05, 0) is 17.5 Å². The standard InChI is InChI=1S/C9H10ClO3P/c10-6-5-8-1-3-9(4-2-8)7-13-14(11)12/h1-4H,5-7H2/p+1. The summed E-state index contributed by atoms with van der Waals surface area (Å²) in [6, 6.07) is 7.60. The van der Waals surface area contributed by atoms with Crippen LogP contribution < -0.4 is 0 Å². The summed E-state index contributed by atoms with van der Waals surface area (Å²) < 4.78 is 14.8. The predicted molar refractivity (Wildman–Crippen MR) is 55.5 cm³/mol. The highest BCUT2D eigenvalue weighted by molar-refractivity contribution is 7.32. The van der Waals surface area contributed by atoms with Crippen molar-refractivity contribution in [3.05, 3.63) is 35.4 Å². The predicted octanol–water partition coefficient (Wildman–Crippen LogP) is 2.63. The second-order valence-electron chi connectivity index (χ2n) is 2.77. The number of hydrogen-bond donors (Lipinski definition) is 1. The van der Waals surface area contributed by atoms with Crippen molar-refractivity contribution in [2.75, 3.05) is 5.88 Å². The first kappa shape index (κ1) is 11.6. The maximum Gasteiger partial charge on any atom is 0.695 e. The molecule has 0 aliphatic carbocycles. The van der Waals surface area contributed by atoms with E-state index in [0.717, 1.165) is 17.5 Å². The van der Waals surface area contributed by atoms with E-state index < -0.39 is 8.25 Å². The lowest BCUT2D eigenvalue weighted by Gasteiger charge is -1.98. The van der Waals surface area contributed by atoms with Crippen molar-refractivity contribution >= 4 is 19.9 Å². The smallest absolute Gasteiger partial charge is 0.133 e. The van der Waals surface area contributed by atoms with E-state index in [1.807, 2.05) is 24.3 Å². The van der Waals surface area contributed by atoms with Crippen molar-refractivity contribution < 1.29 is 14.0 Å². The van der Waals surface area contributed by atoms with Gasteiger partial charge < -0.3 is 0 Å². The number of alkyl halides is 1. The molecule has 1 rings (SSSR count). The number of hydrogen-bond acceptors (Lipinski definition) is 2. The van der Waals surface area contributed by atoms with Gasteiger partial charge in [-0.3, -0.25) is 0 Å². The van der Waals surface area contributed by atoms with E-state index in [4.69, 9.17) is 16.5 Å². The van der Waals surface area contributed by atoms with Crippen LogP contribution in [-0.4, -0.2) is 10.8 Å². The van der Waals surface area contributed by atoms with Gasteiger partial charge in [-0.15, -0.1) is 21.0 Å². The van der Waals surface area contributed by atoms with Gasteiger partial charge in [0, 0.05) is 10.4 Å². The zero-order valence-corrected chi connectivity index (χ0v) is 9.17.